The summed E-state index contributed by atoms with van der Waals surface area (Å²) in [6.07, 6.45) is 0.621. The van der Waals surface area contributed by atoms with Gasteiger partial charge in [0, 0.05) is 29.2 Å². The van der Waals surface area contributed by atoms with E-state index in [2.05, 4.69) is 5.32 Å². The van der Waals surface area contributed by atoms with E-state index < -0.39 is 6.04 Å². The zero-order chi connectivity index (χ0) is 20.7. The van der Waals surface area contributed by atoms with Gasteiger partial charge in [-0.3, -0.25) is 9.59 Å². The van der Waals surface area contributed by atoms with Crippen LogP contribution in [0.15, 0.2) is 42.5 Å². The topological polar surface area (TPSA) is 58.6 Å². The number of rotatable bonds is 8. The SMILES string of the molecule is CCC(C(=O)NC)N(Cc1c(Cl)cccc1Cl)C(=O)Cc1ccc(OC)cc1. The zero-order valence-electron chi connectivity index (χ0n) is 16.2. The molecule has 0 aliphatic carbocycles. The van der Waals surface area contributed by atoms with Gasteiger partial charge in [0.2, 0.25) is 11.8 Å². The van der Waals surface area contributed by atoms with Crippen molar-refractivity contribution in [2.45, 2.75) is 32.4 Å². The molecule has 0 aliphatic heterocycles. The summed E-state index contributed by atoms with van der Waals surface area (Å²) in [7, 11) is 3.14. The third-order valence-corrected chi connectivity index (χ3v) is 5.25. The largest absolute Gasteiger partial charge is 0.497 e. The molecule has 1 atom stereocenters. The predicted octanol–water partition coefficient (Wildman–Crippen LogP) is 4.10. The molecule has 2 rings (SSSR count). The molecule has 0 radical (unpaired) electrons. The van der Waals surface area contributed by atoms with Gasteiger partial charge in [0.15, 0.2) is 0 Å². The van der Waals surface area contributed by atoms with Crippen molar-refractivity contribution in [1.82, 2.24) is 10.2 Å². The van der Waals surface area contributed by atoms with Crippen LogP contribution in [0.3, 0.4) is 0 Å². The molecule has 7 heteroatoms. The minimum Gasteiger partial charge on any atom is -0.497 e. The van der Waals surface area contributed by atoms with Gasteiger partial charge in [-0.25, -0.2) is 0 Å². The molecule has 1 unspecified atom stereocenters. The van der Waals surface area contributed by atoms with Crippen LogP contribution in [0, 0.1) is 0 Å². The summed E-state index contributed by atoms with van der Waals surface area (Å²) in [6, 6.07) is 11.8. The van der Waals surface area contributed by atoms with E-state index in [1.165, 1.54) is 4.90 Å². The van der Waals surface area contributed by atoms with E-state index in [0.717, 1.165) is 5.56 Å². The zero-order valence-corrected chi connectivity index (χ0v) is 17.7. The highest BCUT2D eigenvalue weighted by molar-refractivity contribution is 6.36. The second-order valence-electron chi connectivity index (χ2n) is 6.29. The first-order chi connectivity index (χ1) is 13.4. The number of methoxy groups -OCH3 is 1. The van der Waals surface area contributed by atoms with Crippen molar-refractivity contribution in [3.05, 3.63) is 63.6 Å². The van der Waals surface area contributed by atoms with Crippen LogP contribution in [0.2, 0.25) is 10.0 Å². The number of nitrogens with zero attached hydrogens (tertiary/aromatic N) is 1. The Bertz CT molecular complexity index is 805. The fourth-order valence-electron chi connectivity index (χ4n) is 2.96. The lowest BCUT2D eigenvalue weighted by atomic mass is 10.1. The summed E-state index contributed by atoms with van der Waals surface area (Å²) in [5, 5.41) is 3.55. The number of nitrogens with one attached hydrogen (secondary N) is 1. The van der Waals surface area contributed by atoms with Crippen molar-refractivity contribution >= 4 is 35.0 Å². The van der Waals surface area contributed by atoms with E-state index in [-0.39, 0.29) is 24.8 Å². The van der Waals surface area contributed by atoms with Crippen LogP contribution in [-0.2, 0) is 22.6 Å². The summed E-state index contributed by atoms with van der Waals surface area (Å²) in [6.45, 7) is 2.02. The standard InChI is InChI=1S/C21H24Cl2N2O3/c1-4-19(21(27)24-2)25(13-16-17(22)6-5-7-18(16)23)20(26)12-14-8-10-15(28-3)11-9-14/h5-11,19H,4,12-13H2,1-3H3,(H,24,27). The first-order valence-corrected chi connectivity index (χ1v) is 9.73. The smallest absolute Gasteiger partial charge is 0.242 e. The number of halogens is 2. The van der Waals surface area contributed by atoms with Gasteiger partial charge in [-0.05, 0) is 36.2 Å². The van der Waals surface area contributed by atoms with Gasteiger partial charge in [-0.2, -0.15) is 0 Å². The number of carbonyl (C=O) groups excluding carboxylic acids is 2. The van der Waals surface area contributed by atoms with Crippen LogP contribution < -0.4 is 10.1 Å². The molecule has 150 valence electrons. The van der Waals surface area contributed by atoms with Crippen LogP contribution >= 0.6 is 23.2 Å². The summed E-state index contributed by atoms with van der Waals surface area (Å²) < 4.78 is 5.15. The quantitative estimate of drug-likeness (QED) is 0.696. The minimum atomic E-state index is -0.622. The third-order valence-electron chi connectivity index (χ3n) is 4.54. The second-order valence-corrected chi connectivity index (χ2v) is 7.10. The molecule has 2 amide bonds. The van der Waals surface area contributed by atoms with Gasteiger partial charge in [-0.15, -0.1) is 0 Å². The molecule has 1 N–H and O–H groups in total. The normalized spacial score (nSPS) is 11.6. The van der Waals surface area contributed by atoms with Crippen molar-refractivity contribution in [2.24, 2.45) is 0 Å². The molecular formula is C21H24Cl2N2O3. The number of likely N-dealkylation sites (N-methyl/N-ethyl adjacent to an activating group) is 1. The van der Waals surface area contributed by atoms with Crippen LogP contribution in [0.4, 0.5) is 0 Å². The molecule has 0 spiro atoms. The maximum atomic E-state index is 13.1. The Morgan fingerprint density at radius 3 is 2.21 bits per heavy atom. The van der Waals surface area contributed by atoms with Crippen LogP contribution in [0.1, 0.15) is 24.5 Å². The monoisotopic (exact) mass is 422 g/mol. The number of hydrogen-bond acceptors (Lipinski definition) is 3. The van der Waals surface area contributed by atoms with Gasteiger partial charge in [0.1, 0.15) is 11.8 Å². The molecule has 0 bridgehead atoms. The highest BCUT2D eigenvalue weighted by atomic mass is 35.5. The summed E-state index contributed by atoms with van der Waals surface area (Å²) in [5.74, 6) is 0.304. The molecule has 28 heavy (non-hydrogen) atoms. The number of amides is 2. The minimum absolute atomic E-state index is 0.152. The molecule has 5 nitrogen and oxygen atoms in total. The molecule has 0 aromatic heterocycles. The fourth-order valence-corrected chi connectivity index (χ4v) is 3.48. The average molecular weight is 423 g/mol. The van der Waals surface area contributed by atoms with E-state index in [1.807, 2.05) is 19.1 Å². The van der Waals surface area contributed by atoms with Gasteiger partial charge < -0.3 is 15.0 Å². The number of ether oxygens (including phenoxy) is 1. The highest BCUT2D eigenvalue weighted by Gasteiger charge is 2.29. The maximum absolute atomic E-state index is 13.1. The molecular weight excluding hydrogens is 399 g/mol. The van der Waals surface area contributed by atoms with Crippen molar-refractivity contribution < 1.29 is 14.3 Å². The molecule has 0 aliphatic rings. The second kappa shape index (κ2) is 10.3. The van der Waals surface area contributed by atoms with Crippen molar-refractivity contribution in [3.63, 3.8) is 0 Å². The molecule has 2 aromatic rings. The van der Waals surface area contributed by atoms with E-state index in [0.29, 0.717) is 27.8 Å². The van der Waals surface area contributed by atoms with Gasteiger partial charge in [0.05, 0.1) is 13.5 Å². The van der Waals surface area contributed by atoms with E-state index in [1.54, 1.807) is 44.5 Å². The highest BCUT2D eigenvalue weighted by Crippen LogP contribution is 2.27. The first-order valence-electron chi connectivity index (χ1n) is 8.98. The van der Waals surface area contributed by atoms with E-state index in [9.17, 15) is 9.59 Å². The number of carbonyl (C=O) groups is 2. The van der Waals surface area contributed by atoms with Gasteiger partial charge in [0.25, 0.3) is 0 Å². The Morgan fingerprint density at radius 2 is 1.71 bits per heavy atom. The Kier molecular flexibility index (Phi) is 8.15. The predicted molar refractivity (Wildman–Crippen MR) is 112 cm³/mol. The average Bonchev–Trinajstić information content (AvgIpc) is 2.70. The first kappa shape index (κ1) is 22.1. The summed E-state index contributed by atoms with van der Waals surface area (Å²) >= 11 is 12.6. The Labute approximate surface area is 175 Å². The molecule has 0 heterocycles. The number of hydrogen-bond donors (Lipinski definition) is 1. The molecule has 0 saturated carbocycles. The third kappa shape index (κ3) is 5.40. The van der Waals surface area contributed by atoms with Crippen molar-refractivity contribution in [3.8, 4) is 5.75 Å². The summed E-state index contributed by atoms with van der Waals surface area (Å²) in [5.41, 5.74) is 1.45. The Hall–Kier alpha value is -2.24. The van der Waals surface area contributed by atoms with E-state index >= 15 is 0 Å². The van der Waals surface area contributed by atoms with Crippen LogP contribution in [0.25, 0.3) is 0 Å². The lowest BCUT2D eigenvalue weighted by Gasteiger charge is -2.31. The molecule has 0 saturated heterocycles. The van der Waals surface area contributed by atoms with Gasteiger partial charge in [-0.1, -0.05) is 48.3 Å². The lowest BCUT2D eigenvalue weighted by Crippen LogP contribution is -2.48. The van der Waals surface area contributed by atoms with Crippen LogP contribution in [0.5, 0.6) is 5.75 Å². The Morgan fingerprint density at radius 1 is 1.11 bits per heavy atom. The maximum Gasteiger partial charge on any atom is 0.242 e. The molecule has 2 aromatic carbocycles. The Balaban J connectivity index is 2.33. The van der Waals surface area contributed by atoms with Crippen LogP contribution in [-0.4, -0.2) is 36.9 Å². The summed E-state index contributed by atoms with van der Waals surface area (Å²) in [4.78, 5) is 27.1. The lowest BCUT2D eigenvalue weighted by molar-refractivity contribution is -0.140. The van der Waals surface area contributed by atoms with E-state index in [4.69, 9.17) is 27.9 Å². The van der Waals surface area contributed by atoms with Crippen molar-refractivity contribution in [2.75, 3.05) is 14.2 Å². The van der Waals surface area contributed by atoms with Crippen molar-refractivity contribution in [1.29, 1.82) is 0 Å². The van der Waals surface area contributed by atoms with Gasteiger partial charge >= 0.3 is 0 Å². The number of benzene rings is 2. The fraction of sp³-hybridized carbons (Fsp3) is 0.333. The molecule has 0 fully saturated rings.